The molecule has 0 amide bonds. The lowest BCUT2D eigenvalue weighted by atomic mass is 10.1. The molecule has 0 saturated carbocycles. The fourth-order valence-corrected chi connectivity index (χ4v) is 1.41. The number of para-hydroxylation sites is 1. The predicted molar refractivity (Wildman–Crippen MR) is 61.3 cm³/mol. The van der Waals surface area contributed by atoms with E-state index in [-0.39, 0.29) is 0 Å². The van der Waals surface area contributed by atoms with Gasteiger partial charge in [-0.2, -0.15) is 0 Å². The average Bonchev–Trinajstić information content (AvgIpc) is 2.30. The molecule has 1 unspecified atom stereocenters. The van der Waals surface area contributed by atoms with Crippen LogP contribution in [0.5, 0.6) is 5.75 Å². The zero-order valence-corrected chi connectivity index (χ0v) is 9.49. The predicted octanol–water partition coefficient (Wildman–Crippen LogP) is 2.07. The SMILES string of the molecule is COCCOc1ccccc1C(F)CCN. The Balaban J connectivity index is 2.67. The highest BCUT2D eigenvalue weighted by Gasteiger charge is 2.13. The average molecular weight is 227 g/mol. The molecular weight excluding hydrogens is 209 g/mol. The Bertz CT molecular complexity index is 307. The topological polar surface area (TPSA) is 44.5 Å². The highest BCUT2D eigenvalue weighted by Crippen LogP contribution is 2.29. The third-order valence-corrected chi connectivity index (χ3v) is 2.22. The van der Waals surface area contributed by atoms with Gasteiger partial charge in [-0.25, -0.2) is 4.39 Å². The van der Waals surface area contributed by atoms with E-state index >= 15 is 0 Å². The van der Waals surface area contributed by atoms with E-state index in [0.29, 0.717) is 37.5 Å². The van der Waals surface area contributed by atoms with Gasteiger partial charge >= 0.3 is 0 Å². The number of ether oxygens (including phenoxy) is 2. The maximum Gasteiger partial charge on any atom is 0.130 e. The fraction of sp³-hybridized carbons (Fsp3) is 0.500. The highest BCUT2D eigenvalue weighted by atomic mass is 19.1. The smallest absolute Gasteiger partial charge is 0.130 e. The summed E-state index contributed by atoms with van der Waals surface area (Å²) >= 11 is 0. The minimum atomic E-state index is -1.07. The molecule has 1 atom stereocenters. The molecule has 1 aromatic rings. The standard InChI is InChI=1S/C12H18FNO2/c1-15-8-9-16-12-5-3-2-4-10(12)11(13)6-7-14/h2-5,11H,6-9,14H2,1H3. The van der Waals surface area contributed by atoms with Crippen LogP contribution in [0.3, 0.4) is 0 Å². The molecule has 0 aliphatic rings. The van der Waals surface area contributed by atoms with Crippen LogP contribution in [-0.2, 0) is 4.74 Å². The summed E-state index contributed by atoms with van der Waals surface area (Å²) in [4.78, 5) is 0. The molecule has 3 nitrogen and oxygen atoms in total. The molecule has 4 heteroatoms. The van der Waals surface area contributed by atoms with Crippen molar-refractivity contribution in [1.29, 1.82) is 0 Å². The molecule has 16 heavy (non-hydrogen) atoms. The molecule has 90 valence electrons. The van der Waals surface area contributed by atoms with Crippen molar-refractivity contribution in [3.8, 4) is 5.75 Å². The van der Waals surface area contributed by atoms with Crippen molar-refractivity contribution in [3.05, 3.63) is 29.8 Å². The lowest BCUT2D eigenvalue weighted by molar-refractivity contribution is 0.144. The number of hydrogen-bond donors (Lipinski definition) is 1. The van der Waals surface area contributed by atoms with E-state index < -0.39 is 6.17 Å². The maximum absolute atomic E-state index is 13.7. The fourth-order valence-electron chi connectivity index (χ4n) is 1.41. The van der Waals surface area contributed by atoms with Crippen LogP contribution in [0.15, 0.2) is 24.3 Å². The Kier molecular flexibility index (Phi) is 5.82. The molecular formula is C12H18FNO2. The van der Waals surface area contributed by atoms with Crippen LogP contribution < -0.4 is 10.5 Å². The quantitative estimate of drug-likeness (QED) is 0.725. The number of rotatable bonds is 7. The molecule has 1 rings (SSSR count). The summed E-state index contributed by atoms with van der Waals surface area (Å²) < 4.78 is 24.0. The molecule has 0 heterocycles. The molecule has 0 aromatic heterocycles. The van der Waals surface area contributed by atoms with Gasteiger partial charge in [0, 0.05) is 12.7 Å². The molecule has 0 saturated heterocycles. The van der Waals surface area contributed by atoms with Crippen LogP contribution in [0, 0.1) is 0 Å². The van der Waals surface area contributed by atoms with E-state index in [1.165, 1.54) is 0 Å². The number of nitrogens with two attached hydrogens (primary N) is 1. The van der Waals surface area contributed by atoms with Crippen molar-refractivity contribution >= 4 is 0 Å². The minimum Gasteiger partial charge on any atom is -0.491 e. The Morgan fingerprint density at radius 2 is 2.06 bits per heavy atom. The normalized spacial score (nSPS) is 12.4. The highest BCUT2D eigenvalue weighted by molar-refractivity contribution is 5.35. The third kappa shape index (κ3) is 3.79. The molecule has 0 aliphatic carbocycles. The monoisotopic (exact) mass is 227 g/mol. The number of benzene rings is 1. The number of methoxy groups -OCH3 is 1. The van der Waals surface area contributed by atoms with Crippen LogP contribution >= 0.6 is 0 Å². The van der Waals surface area contributed by atoms with Crippen LogP contribution in [0.25, 0.3) is 0 Å². The van der Waals surface area contributed by atoms with Crippen LogP contribution in [-0.4, -0.2) is 26.9 Å². The van der Waals surface area contributed by atoms with Crippen LogP contribution in [0.4, 0.5) is 4.39 Å². The third-order valence-electron chi connectivity index (χ3n) is 2.22. The second kappa shape index (κ2) is 7.19. The van der Waals surface area contributed by atoms with Crippen LogP contribution in [0.2, 0.25) is 0 Å². The first-order chi connectivity index (χ1) is 7.79. The lowest BCUT2D eigenvalue weighted by Crippen LogP contribution is -2.08. The van der Waals surface area contributed by atoms with Gasteiger partial charge in [0.25, 0.3) is 0 Å². The van der Waals surface area contributed by atoms with Crippen molar-refractivity contribution in [2.45, 2.75) is 12.6 Å². The summed E-state index contributed by atoms with van der Waals surface area (Å²) in [5.41, 5.74) is 5.90. The zero-order chi connectivity index (χ0) is 11.8. The molecule has 2 N–H and O–H groups in total. The van der Waals surface area contributed by atoms with E-state index in [1.54, 1.807) is 25.3 Å². The van der Waals surface area contributed by atoms with Crippen molar-refractivity contribution in [3.63, 3.8) is 0 Å². The van der Waals surface area contributed by atoms with Gasteiger partial charge in [0.2, 0.25) is 0 Å². The van der Waals surface area contributed by atoms with E-state index in [9.17, 15) is 4.39 Å². The summed E-state index contributed by atoms with van der Waals surface area (Å²) in [5.74, 6) is 0.570. The Morgan fingerprint density at radius 1 is 1.31 bits per heavy atom. The van der Waals surface area contributed by atoms with Crippen molar-refractivity contribution in [2.24, 2.45) is 5.73 Å². The number of alkyl halides is 1. The molecule has 0 aliphatic heterocycles. The van der Waals surface area contributed by atoms with E-state index in [4.69, 9.17) is 15.2 Å². The first-order valence-electron chi connectivity index (χ1n) is 5.34. The molecule has 0 radical (unpaired) electrons. The second-order valence-corrected chi connectivity index (χ2v) is 3.42. The van der Waals surface area contributed by atoms with Gasteiger partial charge in [-0.15, -0.1) is 0 Å². The van der Waals surface area contributed by atoms with E-state index in [0.717, 1.165) is 0 Å². The summed E-state index contributed by atoms with van der Waals surface area (Å²) in [6, 6.07) is 7.10. The Hall–Kier alpha value is -1.13. The van der Waals surface area contributed by atoms with Gasteiger partial charge in [0.1, 0.15) is 18.5 Å². The van der Waals surface area contributed by atoms with Crippen molar-refractivity contribution < 1.29 is 13.9 Å². The first kappa shape index (κ1) is 12.9. The second-order valence-electron chi connectivity index (χ2n) is 3.42. The molecule has 0 fully saturated rings. The van der Waals surface area contributed by atoms with Crippen molar-refractivity contribution in [1.82, 2.24) is 0 Å². The summed E-state index contributed by atoms with van der Waals surface area (Å²) in [6.45, 7) is 1.23. The summed E-state index contributed by atoms with van der Waals surface area (Å²) in [5, 5.41) is 0. The van der Waals surface area contributed by atoms with Crippen molar-refractivity contribution in [2.75, 3.05) is 26.9 Å². The summed E-state index contributed by atoms with van der Waals surface area (Å²) in [6.07, 6.45) is -0.756. The number of hydrogen-bond acceptors (Lipinski definition) is 3. The Labute approximate surface area is 95.4 Å². The van der Waals surface area contributed by atoms with Gasteiger partial charge in [-0.05, 0) is 19.0 Å². The largest absolute Gasteiger partial charge is 0.491 e. The molecule has 1 aromatic carbocycles. The van der Waals surface area contributed by atoms with Gasteiger partial charge in [0.15, 0.2) is 0 Å². The molecule has 0 spiro atoms. The van der Waals surface area contributed by atoms with Gasteiger partial charge in [0.05, 0.1) is 6.61 Å². The molecule has 0 bridgehead atoms. The summed E-state index contributed by atoms with van der Waals surface area (Å²) in [7, 11) is 1.60. The van der Waals surface area contributed by atoms with E-state index in [2.05, 4.69) is 0 Å². The lowest BCUT2D eigenvalue weighted by Gasteiger charge is -2.13. The Morgan fingerprint density at radius 3 is 2.75 bits per heavy atom. The maximum atomic E-state index is 13.7. The minimum absolute atomic E-state index is 0.310. The number of halogens is 1. The van der Waals surface area contributed by atoms with Gasteiger partial charge in [-0.1, -0.05) is 18.2 Å². The first-order valence-corrected chi connectivity index (χ1v) is 5.34. The van der Waals surface area contributed by atoms with Gasteiger partial charge < -0.3 is 15.2 Å². The van der Waals surface area contributed by atoms with E-state index in [1.807, 2.05) is 6.07 Å². The van der Waals surface area contributed by atoms with Crippen LogP contribution in [0.1, 0.15) is 18.2 Å². The van der Waals surface area contributed by atoms with Gasteiger partial charge in [-0.3, -0.25) is 0 Å². The zero-order valence-electron chi connectivity index (χ0n) is 9.49.